The maximum Gasteiger partial charge on any atom is 0.454 e. The third kappa shape index (κ3) is 4.14. The topological polar surface area (TPSA) is 51.1 Å². The lowest BCUT2D eigenvalue weighted by molar-refractivity contribution is 0.277. The van der Waals surface area contributed by atoms with Gasteiger partial charge in [-0.25, -0.2) is 4.57 Å². The van der Waals surface area contributed by atoms with Crippen molar-refractivity contribution in [2.45, 2.75) is 0 Å². The van der Waals surface area contributed by atoms with Crippen molar-refractivity contribution >= 4 is 14.1 Å². The smallest absolute Gasteiger partial charge is 0.369 e. The highest BCUT2D eigenvalue weighted by Gasteiger charge is 2.17. The van der Waals surface area contributed by atoms with E-state index in [4.69, 9.17) is 0 Å². The van der Waals surface area contributed by atoms with Gasteiger partial charge in [-0.3, -0.25) is 9.05 Å². The molecule has 0 bridgehead atoms. The van der Waals surface area contributed by atoms with Crippen molar-refractivity contribution in [1.29, 1.82) is 0 Å². The van der Waals surface area contributed by atoms with Crippen LogP contribution in [0.1, 0.15) is 0 Å². The molecule has 0 rings (SSSR count). The van der Waals surface area contributed by atoms with Crippen LogP contribution in [-0.2, 0) is 13.6 Å². The molecule has 66 valence electrons. The molecule has 0 radical (unpaired) electrons. The molecule has 0 saturated carbocycles. The summed E-state index contributed by atoms with van der Waals surface area (Å²) < 4.78 is 23.9. The second-order valence-electron chi connectivity index (χ2n) is 2.03. The Kier molecular flexibility index (Phi) is 4.33. The zero-order chi connectivity index (χ0) is 8.91. The molecule has 0 atom stereocenters. The highest BCUT2D eigenvalue weighted by atomic mass is 31.2. The Morgan fingerprint density at radius 3 is 2.09 bits per heavy atom. The summed E-state index contributed by atoms with van der Waals surface area (Å²) in [5.41, 5.74) is 0. The minimum atomic E-state index is -3.21. The maximum absolute atomic E-state index is 11.2. The van der Waals surface area contributed by atoms with E-state index in [-0.39, 0.29) is 0 Å². The third-order valence-electron chi connectivity index (χ3n) is 0.885. The molecule has 0 N–H and O–H groups in total. The maximum atomic E-state index is 11.2. The largest absolute Gasteiger partial charge is 0.454 e. The van der Waals surface area contributed by atoms with Crippen LogP contribution >= 0.6 is 7.75 Å². The van der Waals surface area contributed by atoms with Crippen molar-refractivity contribution in [2.75, 3.05) is 28.3 Å². The highest BCUT2D eigenvalue weighted by molar-refractivity contribution is 7.52. The van der Waals surface area contributed by atoms with Crippen LogP contribution in [0.4, 0.5) is 0 Å². The highest BCUT2D eigenvalue weighted by Crippen LogP contribution is 2.47. The minimum Gasteiger partial charge on any atom is -0.369 e. The number of rotatable bonds is 4. The van der Waals surface area contributed by atoms with E-state index in [1.54, 1.807) is 19.0 Å². The molecule has 0 aromatic heterocycles. The normalized spacial score (nSPS) is 12.4. The molecular formula is C5H13N2O3P. The number of nitrogens with zero attached hydrogens (tertiary/aromatic N) is 2. The van der Waals surface area contributed by atoms with Crippen molar-refractivity contribution in [2.24, 2.45) is 4.76 Å². The Balaban J connectivity index is 4.19. The molecule has 0 aromatic rings. The average Bonchev–Trinajstić information content (AvgIpc) is 2.00. The summed E-state index contributed by atoms with van der Waals surface area (Å²) in [6.45, 7) is 0. The van der Waals surface area contributed by atoms with E-state index in [0.717, 1.165) is 0 Å². The molecule has 0 spiro atoms. The van der Waals surface area contributed by atoms with Crippen LogP contribution < -0.4 is 0 Å². The Labute approximate surface area is 66.6 Å². The van der Waals surface area contributed by atoms with Gasteiger partial charge in [-0.05, 0) is 0 Å². The first-order valence-corrected chi connectivity index (χ1v) is 4.47. The summed E-state index contributed by atoms with van der Waals surface area (Å²) in [6, 6.07) is 0. The molecule has 0 aliphatic heterocycles. The quantitative estimate of drug-likeness (QED) is 0.367. The van der Waals surface area contributed by atoms with Crippen molar-refractivity contribution in [3.63, 3.8) is 0 Å². The lowest BCUT2D eigenvalue weighted by atomic mass is 11.0. The minimum absolute atomic E-state index is 1.29. The van der Waals surface area contributed by atoms with Crippen molar-refractivity contribution in [3.05, 3.63) is 0 Å². The summed E-state index contributed by atoms with van der Waals surface area (Å²) in [4.78, 5) is 1.64. The Morgan fingerprint density at radius 2 is 1.82 bits per heavy atom. The van der Waals surface area contributed by atoms with Gasteiger partial charge in [0.15, 0.2) is 0 Å². The molecular weight excluding hydrogens is 167 g/mol. The molecule has 0 amide bonds. The van der Waals surface area contributed by atoms with Crippen LogP contribution in [0.3, 0.4) is 0 Å². The van der Waals surface area contributed by atoms with E-state index >= 15 is 0 Å². The molecule has 0 heterocycles. The van der Waals surface area contributed by atoms with Crippen LogP contribution in [-0.4, -0.2) is 39.6 Å². The van der Waals surface area contributed by atoms with E-state index in [1.807, 2.05) is 0 Å². The molecule has 6 heteroatoms. The molecule has 0 aromatic carbocycles. The van der Waals surface area contributed by atoms with Crippen LogP contribution in [0.15, 0.2) is 4.76 Å². The van der Waals surface area contributed by atoms with Gasteiger partial charge in [-0.15, -0.1) is 0 Å². The molecule has 0 unspecified atom stereocenters. The van der Waals surface area contributed by atoms with Crippen LogP contribution in [0, 0.1) is 0 Å². The van der Waals surface area contributed by atoms with Crippen LogP contribution in [0.25, 0.3) is 0 Å². The fourth-order valence-corrected chi connectivity index (χ4v) is 1.01. The summed E-state index contributed by atoms with van der Waals surface area (Å²) >= 11 is 0. The summed E-state index contributed by atoms with van der Waals surface area (Å²) in [5, 5.41) is 0. The average molecular weight is 180 g/mol. The summed E-state index contributed by atoms with van der Waals surface area (Å²) in [5.74, 6) is 0. The van der Waals surface area contributed by atoms with E-state index in [1.165, 1.54) is 20.6 Å². The first kappa shape index (κ1) is 10.6. The van der Waals surface area contributed by atoms with Gasteiger partial charge in [0, 0.05) is 28.3 Å². The second kappa shape index (κ2) is 4.49. The van der Waals surface area contributed by atoms with Crippen LogP contribution in [0.5, 0.6) is 0 Å². The fraction of sp³-hybridized carbons (Fsp3) is 0.800. The van der Waals surface area contributed by atoms with Crippen molar-refractivity contribution in [1.82, 2.24) is 4.90 Å². The lowest BCUT2D eigenvalue weighted by Crippen LogP contribution is -2.07. The van der Waals surface area contributed by atoms with Crippen molar-refractivity contribution in [3.8, 4) is 0 Å². The monoisotopic (exact) mass is 180 g/mol. The van der Waals surface area contributed by atoms with E-state index in [9.17, 15) is 4.57 Å². The zero-order valence-electron chi connectivity index (χ0n) is 7.14. The molecule has 0 aliphatic rings. The lowest BCUT2D eigenvalue weighted by Gasteiger charge is -2.08. The van der Waals surface area contributed by atoms with Gasteiger partial charge in [0.05, 0.1) is 6.34 Å². The Morgan fingerprint density at radius 1 is 1.36 bits per heavy atom. The molecule has 0 fully saturated rings. The SMILES string of the molecule is COP(=O)(/N=C/N(C)C)OC. The predicted molar refractivity (Wildman–Crippen MR) is 43.8 cm³/mol. The molecule has 11 heavy (non-hydrogen) atoms. The van der Waals surface area contributed by atoms with Gasteiger partial charge in [0.25, 0.3) is 0 Å². The van der Waals surface area contributed by atoms with Crippen molar-refractivity contribution < 1.29 is 13.6 Å². The summed E-state index contributed by atoms with van der Waals surface area (Å²) in [7, 11) is 2.90. The first-order valence-electron chi connectivity index (χ1n) is 2.98. The number of hydrogen-bond donors (Lipinski definition) is 0. The molecule has 5 nitrogen and oxygen atoms in total. The third-order valence-corrected chi connectivity index (χ3v) is 2.19. The van der Waals surface area contributed by atoms with E-state index in [2.05, 4.69) is 13.8 Å². The molecule has 0 saturated heterocycles. The summed E-state index contributed by atoms with van der Waals surface area (Å²) in [6.07, 6.45) is 1.38. The van der Waals surface area contributed by atoms with E-state index in [0.29, 0.717) is 0 Å². The second-order valence-corrected chi connectivity index (χ2v) is 3.93. The van der Waals surface area contributed by atoms with E-state index < -0.39 is 7.75 Å². The van der Waals surface area contributed by atoms with Gasteiger partial charge in [0.1, 0.15) is 0 Å². The predicted octanol–water partition coefficient (Wildman–Crippen LogP) is 0.977. The van der Waals surface area contributed by atoms with Gasteiger partial charge < -0.3 is 4.90 Å². The van der Waals surface area contributed by atoms with Gasteiger partial charge in [0.2, 0.25) is 0 Å². The van der Waals surface area contributed by atoms with Gasteiger partial charge in [-0.1, -0.05) is 0 Å². The number of hydrogen-bond acceptors (Lipinski definition) is 3. The van der Waals surface area contributed by atoms with Gasteiger partial charge in [-0.2, -0.15) is 4.76 Å². The zero-order valence-corrected chi connectivity index (χ0v) is 8.04. The Hall–Kier alpha value is -0.380. The molecule has 0 aliphatic carbocycles. The fourth-order valence-electron chi connectivity index (χ4n) is 0.335. The Bertz CT molecular complexity index is 173. The standard InChI is InChI=1S/C5H13N2O3P/c1-7(2)5-6-11(8,9-3)10-4/h5H,1-4H3/b6-5+. The van der Waals surface area contributed by atoms with Gasteiger partial charge >= 0.3 is 7.75 Å². The first-order chi connectivity index (χ1) is 5.04. The van der Waals surface area contributed by atoms with Crippen LogP contribution in [0.2, 0.25) is 0 Å².